The zero-order valence-corrected chi connectivity index (χ0v) is 10.1. The first kappa shape index (κ1) is 13.3. The first-order chi connectivity index (χ1) is 7.31. The second kappa shape index (κ2) is 5.01. The van der Waals surface area contributed by atoms with Crippen molar-refractivity contribution in [2.75, 3.05) is 6.61 Å². The van der Waals surface area contributed by atoms with Gasteiger partial charge < -0.3 is 20.3 Å². The Hall–Kier alpha value is -0.810. The molecule has 94 valence electrons. The Bertz CT molecular complexity index is 249. The third kappa shape index (κ3) is 3.98. The van der Waals surface area contributed by atoms with Crippen molar-refractivity contribution in [1.29, 1.82) is 0 Å². The summed E-state index contributed by atoms with van der Waals surface area (Å²) in [5, 5.41) is 21.3. The van der Waals surface area contributed by atoms with E-state index >= 15 is 0 Å². The fourth-order valence-corrected chi connectivity index (χ4v) is 1.88. The topological polar surface area (TPSA) is 78.8 Å². The number of aliphatic hydroxyl groups is 2. The van der Waals surface area contributed by atoms with E-state index in [-0.39, 0.29) is 18.6 Å². The number of rotatable bonds is 2. The monoisotopic (exact) mass is 231 g/mol. The highest BCUT2D eigenvalue weighted by Crippen LogP contribution is 2.25. The zero-order valence-electron chi connectivity index (χ0n) is 10.1. The van der Waals surface area contributed by atoms with Crippen molar-refractivity contribution >= 4 is 6.09 Å². The summed E-state index contributed by atoms with van der Waals surface area (Å²) in [5.41, 5.74) is -0.538. The number of alkyl carbamates (subject to hydrolysis) is 1. The maximum absolute atomic E-state index is 11.4. The number of carbonyl (C=O) groups is 1. The molecule has 0 spiro atoms. The number of amides is 1. The van der Waals surface area contributed by atoms with Crippen LogP contribution in [0.15, 0.2) is 0 Å². The molecule has 0 aromatic heterocycles. The Morgan fingerprint density at radius 1 is 1.44 bits per heavy atom. The van der Waals surface area contributed by atoms with E-state index in [0.717, 1.165) is 0 Å². The minimum absolute atomic E-state index is 0.0452. The maximum Gasteiger partial charge on any atom is 0.407 e. The summed E-state index contributed by atoms with van der Waals surface area (Å²) in [5.74, 6) is 0.0648. The number of nitrogens with one attached hydrogen (secondary N) is 1. The summed E-state index contributed by atoms with van der Waals surface area (Å²) >= 11 is 0. The van der Waals surface area contributed by atoms with Gasteiger partial charge in [-0.3, -0.25) is 0 Å². The minimum Gasteiger partial charge on any atom is -0.444 e. The highest BCUT2D eigenvalue weighted by Gasteiger charge is 2.34. The molecule has 5 nitrogen and oxygen atoms in total. The number of ether oxygens (including phenoxy) is 1. The minimum atomic E-state index is -0.593. The quantitative estimate of drug-likeness (QED) is 0.651. The van der Waals surface area contributed by atoms with E-state index < -0.39 is 17.8 Å². The Morgan fingerprint density at radius 2 is 2.06 bits per heavy atom. The third-order valence-electron chi connectivity index (χ3n) is 2.59. The first-order valence-electron chi connectivity index (χ1n) is 5.60. The second-order valence-corrected chi connectivity index (χ2v) is 5.34. The summed E-state index contributed by atoms with van der Waals surface area (Å²) in [7, 11) is 0. The summed E-state index contributed by atoms with van der Waals surface area (Å²) in [4.78, 5) is 11.4. The lowest BCUT2D eigenvalue weighted by Gasteiger charge is -2.22. The highest BCUT2D eigenvalue weighted by atomic mass is 16.6. The van der Waals surface area contributed by atoms with E-state index in [1.165, 1.54) is 0 Å². The van der Waals surface area contributed by atoms with E-state index in [9.17, 15) is 9.90 Å². The summed E-state index contributed by atoms with van der Waals surface area (Å²) in [6, 6.07) is -0.313. The van der Waals surface area contributed by atoms with Crippen molar-refractivity contribution in [3.63, 3.8) is 0 Å². The van der Waals surface area contributed by atoms with Crippen LogP contribution < -0.4 is 5.32 Å². The molecule has 3 N–H and O–H groups in total. The lowest BCUT2D eigenvalue weighted by molar-refractivity contribution is 0.0450. The summed E-state index contributed by atoms with van der Waals surface area (Å²) in [6.07, 6.45) is 0.00763. The van der Waals surface area contributed by atoms with Crippen molar-refractivity contribution in [2.24, 2.45) is 5.92 Å². The van der Waals surface area contributed by atoms with Crippen LogP contribution >= 0.6 is 0 Å². The molecule has 3 atom stereocenters. The van der Waals surface area contributed by atoms with Gasteiger partial charge in [0.1, 0.15) is 5.60 Å². The lowest BCUT2D eigenvalue weighted by Crippen LogP contribution is -2.42. The molecule has 1 fully saturated rings. The van der Waals surface area contributed by atoms with Gasteiger partial charge >= 0.3 is 6.09 Å². The SMILES string of the molecule is CC(C)(C)OC(=O)N[C@@H]1C[C@H](CO)C[C@@H]1O. The Morgan fingerprint density at radius 3 is 2.50 bits per heavy atom. The van der Waals surface area contributed by atoms with Crippen molar-refractivity contribution in [3.8, 4) is 0 Å². The molecular formula is C11H21NO4. The average Bonchev–Trinajstić information content (AvgIpc) is 2.44. The van der Waals surface area contributed by atoms with Crippen LogP contribution in [0.4, 0.5) is 4.79 Å². The van der Waals surface area contributed by atoms with Crippen molar-refractivity contribution in [3.05, 3.63) is 0 Å². The van der Waals surface area contributed by atoms with Crippen LogP contribution in [0.1, 0.15) is 33.6 Å². The predicted octanol–water partition coefficient (Wildman–Crippen LogP) is 0.643. The van der Waals surface area contributed by atoms with E-state index in [1.54, 1.807) is 20.8 Å². The molecule has 0 aliphatic heterocycles. The standard InChI is InChI=1S/C11H21NO4/c1-11(2,3)16-10(15)12-8-4-7(6-13)5-9(8)14/h7-9,13-14H,4-6H2,1-3H3,(H,12,15)/t7-,8+,9-/m0/s1. The first-order valence-corrected chi connectivity index (χ1v) is 5.60. The van der Waals surface area contributed by atoms with Gasteiger partial charge in [0.25, 0.3) is 0 Å². The van der Waals surface area contributed by atoms with Crippen LogP contribution in [0, 0.1) is 5.92 Å². The van der Waals surface area contributed by atoms with Crippen molar-refractivity contribution in [2.45, 2.75) is 51.4 Å². The van der Waals surface area contributed by atoms with Gasteiger partial charge in [-0.1, -0.05) is 0 Å². The Balaban J connectivity index is 2.40. The van der Waals surface area contributed by atoms with E-state index in [0.29, 0.717) is 12.8 Å². The second-order valence-electron chi connectivity index (χ2n) is 5.34. The van der Waals surface area contributed by atoms with Crippen molar-refractivity contribution in [1.82, 2.24) is 5.32 Å². The van der Waals surface area contributed by atoms with Gasteiger partial charge in [-0.15, -0.1) is 0 Å². The molecule has 0 unspecified atom stereocenters. The lowest BCUT2D eigenvalue weighted by atomic mass is 10.1. The molecule has 0 bridgehead atoms. The van der Waals surface area contributed by atoms with E-state index in [4.69, 9.17) is 9.84 Å². The van der Waals surface area contributed by atoms with Gasteiger partial charge in [0.2, 0.25) is 0 Å². The van der Waals surface area contributed by atoms with Crippen LogP contribution in [0.3, 0.4) is 0 Å². The molecule has 0 heterocycles. The Labute approximate surface area is 95.8 Å². The predicted molar refractivity (Wildman–Crippen MR) is 59.0 cm³/mol. The number of hydrogen-bond donors (Lipinski definition) is 3. The molecular weight excluding hydrogens is 210 g/mol. The molecule has 1 aliphatic rings. The van der Waals surface area contributed by atoms with Crippen LogP contribution in [-0.2, 0) is 4.74 Å². The van der Waals surface area contributed by atoms with Crippen LogP contribution in [0.2, 0.25) is 0 Å². The van der Waals surface area contributed by atoms with Gasteiger partial charge in [-0.2, -0.15) is 0 Å². The van der Waals surface area contributed by atoms with Gasteiger partial charge in [-0.25, -0.2) is 4.79 Å². The zero-order chi connectivity index (χ0) is 12.3. The highest BCUT2D eigenvalue weighted by molar-refractivity contribution is 5.68. The largest absolute Gasteiger partial charge is 0.444 e. The number of aliphatic hydroxyl groups excluding tert-OH is 2. The van der Waals surface area contributed by atoms with Gasteiger partial charge in [-0.05, 0) is 39.5 Å². The normalized spacial score (nSPS) is 30.2. The molecule has 0 saturated heterocycles. The summed E-state index contributed by atoms with van der Waals surface area (Å²) < 4.78 is 5.09. The van der Waals surface area contributed by atoms with Crippen LogP contribution in [0.5, 0.6) is 0 Å². The van der Waals surface area contributed by atoms with E-state index in [1.807, 2.05) is 0 Å². The van der Waals surface area contributed by atoms with Crippen LogP contribution in [0.25, 0.3) is 0 Å². The van der Waals surface area contributed by atoms with Gasteiger partial charge in [0.15, 0.2) is 0 Å². The fraction of sp³-hybridized carbons (Fsp3) is 0.909. The number of hydrogen-bond acceptors (Lipinski definition) is 4. The molecule has 1 saturated carbocycles. The molecule has 1 rings (SSSR count). The van der Waals surface area contributed by atoms with Crippen molar-refractivity contribution < 1.29 is 19.7 Å². The molecule has 1 amide bonds. The summed E-state index contributed by atoms with van der Waals surface area (Å²) in [6.45, 7) is 5.40. The van der Waals surface area contributed by atoms with E-state index in [2.05, 4.69) is 5.32 Å². The van der Waals surface area contributed by atoms with Crippen LogP contribution in [-0.4, -0.2) is 40.7 Å². The molecule has 16 heavy (non-hydrogen) atoms. The molecule has 0 aromatic carbocycles. The molecule has 0 radical (unpaired) electrons. The number of carbonyl (C=O) groups excluding carboxylic acids is 1. The smallest absolute Gasteiger partial charge is 0.407 e. The molecule has 1 aliphatic carbocycles. The molecule has 0 aromatic rings. The van der Waals surface area contributed by atoms with Gasteiger partial charge in [0, 0.05) is 6.61 Å². The average molecular weight is 231 g/mol. The molecule has 5 heteroatoms. The van der Waals surface area contributed by atoms with Gasteiger partial charge in [0.05, 0.1) is 12.1 Å². The maximum atomic E-state index is 11.4. The fourth-order valence-electron chi connectivity index (χ4n) is 1.88. The Kier molecular flexibility index (Phi) is 4.15. The third-order valence-corrected chi connectivity index (χ3v) is 2.59.